The topological polar surface area (TPSA) is 63.7 Å². The number of sulfonamides is 1. The number of hydrogen-bond acceptors (Lipinski definition) is 4. The number of ether oxygens (including phenoxy) is 1. The number of carbonyl (C=O) groups is 1. The molecule has 0 N–H and O–H groups in total. The Hall–Kier alpha value is -1.96. The highest BCUT2D eigenvalue weighted by Crippen LogP contribution is 2.26. The molecule has 1 heterocycles. The average Bonchev–Trinajstić information content (AvgIpc) is 2.65. The van der Waals surface area contributed by atoms with Gasteiger partial charge in [-0.25, -0.2) is 12.8 Å². The van der Waals surface area contributed by atoms with E-state index in [4.69, 9.17) is 16.3 Å². The lowest BCUT2D eigenvalue weighted by molar-refractivity contribution is -0.140. The maximum absolute atomic E-state index is 13.5. The standard InChI is InChI=1S/C18H17ClFNO4S/c19-16-9-8-14(11-17(16)20)25-18(22)13-5-4-10-21(12-13)26(23,24)15-6-2-1-3-7-15/h1-3,6-9,11,13H,4-5,10,12H2/t13-/m0/s1. The maximum atomic E-state index is 13.5. The largest absolute Gasteiger partial charge is 0.426 e. The Morgan fingerprint density at radius 1 is 1.19 bits per heavy atom. The van der Waals surface area contributed by atoms with E-state index in [1.165, 1.54) is 28.6 Å². The fourth-order valence-corrected chi connectivity index (χ4v) is 4.50. The van der Waals surface area contributed by atoms with Gasteiger partial charge in [-0.3, -0.25) is 4.79 Å². The molecule has 0 aliphatic carbocycles. The van der Waals surface area contributed by atoms with Crippen LogP contribution >= 0.6 is 11.6 Å². The van der Waals surface area contributed by atoms with Gasteiger partial charge in [0.25, 0.3) is 0 Å². The zero-order chi connectivity index (χ0) is 18.7. The molecule has 1 aliphatic heterocycles. The van der Waals surface area contributed by atoms with Crippen molar-refractivity contribution in [1.82, 2.24) is 4.31 Å². The average molecular weight is 398 g/mol. The van der Waals surface area contributed by atoms with Gasteiger partial charge >= 0.3 is 5.97 Å². The highest BCUT2D eigenvalue weighted by Gasteiger charge is 2.34. The van der Waals surface area contributed by atoms with Crippen molar-refractivity contribution in [2.24, 2.45) is 5.92 Å². The van der Waals surface area contributed by atoms with E-state index in [9.17, 15) is 17.6 Å². The quantitative estimate of drug-likeness (QED) is 0.585. The molecule has 26 heavy (non-hydrogen) atoms. The van der Waals surface area contributed by atoms with Gasteiger partial charge in [0.15, 0.2) is 0 Å². The summed E-state index contributed by atoms with van der Waals surface area (Å²) in [5.41, 5.74) is 0. The van der Waals surface area contributed by atoms with Crippen molar-refractivity contribution in [1.29, 1.82) is 0 Å². The lowest BCUT2D eigenvalue weighted by Gasteiger charge is -2.30. The summed E-state index contributed by atoms with van der Waals surface area (Å²) in [4.78, 5) is 12.6. The Morgan fingerprint density at radius 2 is 1.92 bits per heavy atom. The third-order valence-electron chi connectivity index (χ3n) is 4.21. The van der Waals surface area contributed by atoms with Crippen molar-refractivity contribution in [2.75, 3.05) is 13.1 Å². The molecule has 0 amide bonds. The highest BCUT2D eigenvalue weighted by atomic mass is 35.5. The Kier molecular flexibility index (Phi) is 5.60. The van der Waals surface area contributed by atoms with E-state index in [0.29, 0.717) is 19.4 Å². The molecule has 0 radical (unpaired) electrons. The first-order chi connectivity index (χ1) is 12.4. The van der Waals surface area contributed by atoms with Crippen molar-refractivity contribution in [2.45, 2.75) is 17.7 Å². The minimum Gasteiger partial charge on any atom is -0.426 e. The van der Waals surface area contributed by atoms with E-state index in [-0.39, 0.29) is 22.2 Å². The summed E-state index contributed by atoms with van der Waals surface area (Å²) < 4.78 is 45.4. The second-order valence-electron chi connectivity index (χ2n) is 6.01. The van der Waals surface area contributed by atoms with Gasteiger partial charge in [0.1, 0.15) is 11.6 Å². The van der Waals surface area contributed by atoms with E-state index >= 15 is 0 Å². The summed E-state index contributed by atoms with van der Waals surface area (Å²) in [6, 6.07) is 11.8. The summed E-state index contributed by atoms with van der Waals surface area (Å²) in [7, 11) is -3.67. The Labute approximate surface area is 156 Å². The first kappa shape index (κ1) is 18.8. The van der Waals surface area contributed by atoms with Crippen LogP contribution < -0.4 is 4.74 Å². The van der Waals surface area contributed by atoms with E-state index in [1.54, 1.807) is 18.2 Å². The Morgan fingerprint density at radius 3 is 2.62 bits per heavy atom. The van der Waals surface area contributed by atoms with Crippen LogP contribution in [0.2, 0.25) is 5.02 Å². The molecule has 0 spiro atoms. The SMILES string of the molecule is O=C(Oc1ccc(Cl)c(F)c1)[C@H]1CCCN(S(=O)(=O)c2ccccc2)C1. The molecule has 0 unspecified atom stereocenters. The predicted octanol–water partition coefficient (Wildman–Crippen LogP) is 3.49. The molecular weight excluding hydrogens is 381 g/mol. The molecule has 138 valence electrons. The lowest BCUT2D eigenvalue weighted by Crippen LogP contribution is -2.43. The number of rotatable bonds is 4. The smallest absolute Gasteiger partial charge is 0.315 e. The van der Waals surface area contributed by atoms with E-state index < -0.39 is 27.7 Å². The highest BCUT2D eigenvalue weighted by molar-refractivity contribution is 7.89. The second-order valence-corrected chi connectivity index (χ2v) is 8.36. The third kappa shape index (κ3) is 4.06. The van der Waals surface area contributed by atoms with Crippen LogP contribution in [0.5, 0.6) is 5.75 Å². The molecular formula is C18H17ClFNO4S. The molecule has 0 aromatic heterocycles. The van der Waals surface area contributed by atoms with Crippen molar-refractivity contribution in [3.63, 3.8) is 0 Å². The predicted molar refractivity (Wildman–Crippen MR) is 95.0 cm³/mol. The van der Waals surface area contributed by atoms with Crippen LogP contribution in [0.25, 0.3) is 0 Å². The molecule has 0 bridgehead atoms. The molecule has 8 heteroatoms. The number of halogens is 2. The molecule has 2 aromatic carbocycles. The first-order valence-corrected chi connectivity index (χ1v) is 9.91. The monoisotopic (exact) mass is 397 g/mol. The second kappa shape index (κ2) is 7.73. The number of carbonyl (C=O) groups excluding carboxylic acids is 1. The molecule has 3 rings (SSSR count). The summed E-state index contributed by atoms with van der Waals surface area (Å²) in [5, 5.41) is -0.0670. The van der Waals surface area contributed by atoms with E-state index in [1.807, 2.05) is 0 Å². The van der Waals surface area contributed by atoms with Gasteiger partial charge in [-0.2, -0.15) is 4.31 Å². The van der Waals surface area contributed by atoms with Gasteiger partial charge in [0.2, 0.25) is 10.0 Å². The molecule has 0 saturated carbocycles. The van der Waals surface area contributed by atoms with Crippen LogP contribution in [0.1, 0.15) is 12.8 Å². The molecule has 5 nitrogen and oxygen atoms in total. The molecule has 1 saturated heterocycles. The van der Waals surface area contributed by atoms with Crippen molar-refractivity contribution < 1.29 is 22.3 Å². The number of hydrogen-bond donors (Lipinski definition) is 0. The zero-order valence-corrected chi connectivity index (χ0v) is 15.3. The van der Waals surface area contributed by atoms with Gasteiger partial charge in [-0.05, 0) is 37.1 Å². The molecule has 2 aromatic rings. The van der Waals surface area contributed by atoms with Crippen LogP contribution in [-0.2, 0) is 14.8 Å². The van der Waals surface area contributed by atoms with Gasteiger partial charge in [0, 0.05) is 19.2 Å². The summed E-state index contributed by atoms with van der Waals surface area (Å²) >= 11 is 5.60. The zero-order valence-electron chi connectivity index (χ0n) is 13.8. The van der Waals surface area contributed by atoms with Gasteiger partial charge in [0.05, 0.1) is 15.8 Å². The van der Waals surface area contributed by atoms with Gasteiger partial charge in [-0.15, -0.1) is 0 Å². The van der Waals surface area contributed by atoms with Crippen molar-refractivity contribution >= 4 is 27.6 Å². The summed E-state index contributed by atoms with van der Waals surface area (Å²) in [6.45, 7) is 0.378. The molecule has 1 fully saturated rings. The molecule has 1 atom stereocenters. The first-order valence-electron chi connectivity index (χ1n) is 8.10. The van der Waals surface area contributed by atoms with E-state index in [0.717, 1.165) is 6.07 Å². The van der Waals surface area contributed by atoms with Crippen molar-refractivity contribution in [3.05, 3.63) is 59.4 Å². The van der Waals surface area contributed by atoms with Crippen LogP contribution in [0.15, 0.2) is 53.4 Å². The minimum absolute atomic E-state index is 0.0339. The fourth-order valence-electron chi connectivity index (χ4n) is 2.83. The van der Waals surface area contributed by atoms with Crippen molar-refractivity contribution in [3.8, 4) is 5.75 Å². The van der Waals surface area contributed by atoms with Crippen LogP contribution in [0.3, 0.4) is 0 Å². The number of piperidine rings is 1. The normalized spacial score (nSPS) is 18.5. The van der Waals surface area contributed by atoms with Gasteiger partial charge in [-0.1, -0.05) is 29.8 Å². The summed E-state index contributed by atoms with van der Waals surface area (Å²) in [6.07, 6.45) is 1.05. The minimum atomic E-state index is -3.67. The number of benzene rings is 2. The van der Waals surface area contributed by atoms with E-state index in [2.05, 4.69) is 0 Å². The molecule has 1 aliphatic rings. The number of esters is 1. The fraction of sp³-hybridized carbons (Fsp3) is 0.278. The van der Waals surface area contributed by atoms with Crippen LogP contribution in [0.4, 0.5) is 4.39 Å². The lowest BCUT2D eigenvalue weighted by atomic mass is 10.00. The number of nitrogens with zero attached hydrogens (tertiary/aromatic N) is 1. The van der Waals surface area contributed by atoms with Gasteiger partial charge < -0.3 is 4.74 Å². The Balaban J connectivity index is 1.71. The maximum Gasteiger partial charge on any atom is 0.315 e. The van der Waals surface area contributed by atoms with Crippen LogP contribution in [0, 0.1) is 11.7 Å². The Bertz CT molecular complexity index is 905. The van der Waals surface area contributed by atoms with Crippen LogP contribution in [-0.4, -0.2) is 31.8 Å². The summed E-state index contributed by atoms with van der Waals surface area (Å²) in [5.74, 6) is -1.84. The third-order valence-corrected chi connectivity index (χ3v) is 6.39.